The SMILES string of the molecule is O=C1CN(S(=O)(=O)c2ccc3cc(Cl)ccc3c2)CCN1C(c1ccnc(Cl)n1)C1(O)CCNCC1. The zero-order valence-corrected chi connectivity index (χ0v) is 21.6. The lowest BCUT2D eigenvalue weighted by Gasteiger charge is -2.47. The number of piperazine rings is 1. The van der Waals surface area contributed by atoms with Gasteiger partial charge in [-0.25, -0.2) is 18.4 Å². The lowest BCUT2D eigenvalue weighted by molar-refractivity contribution is -0.148. The van der Waals surface area contributed by atoms with Gasteiger partial charge in [-0.05, 0) is 78.6 Å². The van der Waals surface area contributed by atoms with Crippen molar-refractivity contribution in [2.75, 3.05) is 32.7 Å². The summed E-state index contributed by atoms with van der Waals surface area (Å²) in [6, 6.07) is 10.9. The number of sulfonamides is 1. The van der Waals surface area contributed by atoms with Gasteiger partial charge in [-0.1, -0.05) is 23.7 Å². The number of fused-ring (bicyclic) bond motifs is 1. The normalized spacial score (nSPS) is 20.0. The molecule has 36 heavy (non-hydrogen) atoms. The molecule has 0 spiro atoms. The van der Waals surface area contributed by atoms with Gasteiger partial charge in [-0.2, -0.15) is 4.31 Å². The quantitative estimate of drug-likeness (QED) is 0.470. The van der Waals surface area contributed by atoms with E-state index in [0.29, 0.717) is 36.6 Å². The number of hydrogen-bond acceptors (Lipinski definition) is 7. The number of benzene rings is 2. The van der Waals surface area contributed by atoms with Crippen molar-refractivity contribution in [1.82, 2.24) is 24.5 Å². The number of piperidine rings is 1. The molecular weight excluding hydrogens is 525 g/mol. The van der Waals surface area contributed by atoms with E-state index in [4.69, 9.17) is 23.2 Å². The van der Waals surface area contributed by atoms with Crippen LogP contribution in [0, 0.1) is 0 Å². The van der Waals surface area contributed by atoms with Gasteiger partial charge >= 0.3 is 0 Å². The highest BCUT2D eigenvalue weighted by Gasteiger charge is 2.47. The smallest absolute Gasteiger partial charge is 0.243 e. The number of amides is 1. The van der Waals surface area contributed by atoms with E-state index in [9.17, 15) is 18.3 Å². The number of halogens is 2. The number of nitrogens with one attached hydrogen (secondary N) is 1. The fourth-order valence-electron chi connectivity index (χ4n) is 5.01. The van der Waals surface area contributed by atoms with Crippen LogP contribution in [0.3, 0.4) is 0 Å². The van der Waals surface area contributed by atoms with Crippen LogP contribution in [-0.2, 0) is 14.8 Å². The Kier molecular flexibility index (Phi) is 6.92. The molecule has 9 nitrogen and oxygen atoms in total. The zero-order chi connectivity index (χ0) is 25.5. The van der Waals surface area contributed by atoms with Crippen molar-refractivity contribution in [2.24, 2.45) is 0 Å². The monoisotopic (exact) mass is 549 g/mol. The van der Waals surface area contributed by atoms with Crippen LogP contribution in [0.4, 0.5) is 0 Å². The number of nitrogens with zero attached hydrogens (tertiary/aromatic N) is 4. The predicted octanol–water partition coefficient (Wildman–Crippen LogP) is 2.63. The summed E-state index contributed by atoms with van der Waals surface area (Å²) in [5.74, 6) is -0.413. The first kappa shape index (κ1) is 25.3. The maximum absolute atomic E-state index is 13.4. The Labute approximate surface area is 219 Å². The second-order valence-electron chi connectivity index (χ2n) is 9.09. The molecule has 2 aliphatic heterocycles. The molecule has 3 aromatic rings. The van der Waals surface area contributed by atoms with Crippen LogP contribution in [0.2, 0.25) is 10.3 Å². The first-order valence-electron chi connectivity index (χ1n) is 11.6. The molecule has 0 aliphatic carbocycles. The highest BCUT2D eigenvalue weighted by Crippen LogP contribution is 2.38. The van der Waals surface area contributed by atoms with Gasteiger partial charge in [0.15, 0.2) is 0 Å². The summed E-state index contributed by atoms with van der Waals surface area (Å²) in [4.78, 5) is 23.3. The highest BCUT2D eigenvalue weighted by atomic mass is 35.5. The minimum absolute atomic E-state index is 0.0151. The second-order valence-corrected chi connectivity index (χ2v) is 11.8. The Morgan fingerprint density at radius 3 is 2.47 bits per heavy atom. The Hall–Kier alpha value is -2.34. The molecule has 1 atom stereocenters. The van der Waals surface area contributed by atoms with Crippen molar-refractivity contribution in [2.45, 2.75) is 29.4 Å². The minimum Gasteiger partial charge on any atom is -0.387 e. The van der Waals surface area contributed by atoms with Gasteiger partial charge in [0.25, 0.3) is 0 Å². The fraction of sp³-hybridized carbons (Fsp3) is 0.375. The van der Waals surface area contributed by atoms with Crippen LogP contribution in [0.25, 0.3) is 10.8 Å². The summed E-state index contributed by atoms with van der Waals surface area (Å²) >= 11 is 12.1. The van der Waals surface area contributed by atoms with Crippen molar-refractivity contribution in [3.05, 3.63) is 64.7 Å². The summed E-state index contributed by atoms with van der Waals surface area (Å²) in [7, 11) is -3.92. The second kappa shape index (κ2) is 9.85. The lowest BCUT2D eigenvalue weighted by Crippen LogP contribution is -2.59. The maximum atomic E-state index is 13.4. The highest BCUT2D eigenvalue weighted by molar-refractivity contribution is 7.89. The first-order chi connectivity index (χ1) is 17.2. The van der Waals surface area contributed by atoms with Gasteiger partial charge in [0, 0.05) is 24.3 Å². The maximum Gasteiger partial charge on any atom is 0.243 e. The standard InChI is InChI=1S/C24H25Cl2N5O4S/c25-18-3-1-17-14-19(4-2-16(17)13-18)36(34,35)30-11-12-31(21(32)15-30)22(20-5-8-28-23(26)29-20)24(33)6-9-27-10-7-24/h1-5,8,13-14,22,27,33H,6-7,9-12,15H2. The van der Waals surface area contributed by atoms with Crippen LogP contribution in [0.1, 0.15) is 24.6 Å². The number of carbonyl (C=O) groups is 1. The number of aliphatic hydroxyl groups is 1. The van der Waals surface area contributed by atoms with Crippen molar-refractivity contribution < 1.29 is 18.3 Å². The van der Waals surface area contributed by atoms with Crippen molar-refractivity contribution >= 4 is 49.9 Å². The largest absolute Gasteiger partial charge is 0.387 e. The van der Waals surface area contributed by atoms with Crippen molar-refractivity contribution in [3.63, 3.8) is 0 Å². The van der Waals surface area contributed by atoms with Crippen molar-refractivity contribution in [1.29, 1.82) is 0 Å². The van der Waals surface area contributed by atoms with Crippen LogP contribution in [0.15, 0.2) is 53.6 Å². The van der Waals surface area contributed by atoms with E-state index in [1.165, 1.54) is 21.5 Å². The average Bonchev–Trinajstić information content (AvgIpc) is 2.85. The molecule has 12 heteroatoms. The molecule has 5 rings (SSSR count). The lowest BCUT2D eigenvalue weighted by atomic mass is 9.82. The van der Waals surface area contributed by atoms with Gasteiger partial charge in [0.2, 0.25) is 21.2 Å². The molecule has 0 radical (unpaired) electrons. The predicted molar refractivity (Wildman–Crippen MR) is 136 cm³/mol. The topological polar surface area (TPSA) is 116 Å². The van der Waals surface area contributed by atoms with Crippen LogP contribution in [0.5, 0.6) is 0 Å². The molecule has 1 unspecified atom stereocenters. The van der Waals surface area contributed by atoms with Crippen molar-refractivity contribution in [3.8, 4) is 0 Å². The Balaban J connectivity index is 1.42. The number of aromatic nitrogens is 2. The minimum atomic E-state index is -3.92. The van der Waals surface area contributed by atoms with E-state index in [0.717, 1.165) is 10.8 Å². The number of carbonyl (C=O) groups excluding carboxylic acids is 1. The van der Waals surface area contributed by atoms with Crippen LogP contribution >= 0.6 is 23.2 Å². The van der Waals surface area contributed by atoms with Gasteiger partial charge in [0.1, 0.15) is 6.04 Å². The molecule has 1 amide bonds. The van der Waals surface area contributed by atoms with E-state index in [1.54, 1.807) is 36.4 Å². The van der Waals surface area contributed by atoms with Crippen LogP contribution < -0.4 is 5.32 Å². The summed E-state index contributed by atoms with van der Waals surface area (Å²) in [6.45, 7) is 1.01. The zero-order valence-electron chi connectivity index (χ0n) is 19.3. The average molecular weight is 550 g/mol. The third-order valence-corrected chi connectivity index (χ3v) is 9.11. The molecular formula is C24H25Cl2N5O4S. The molecule has 2 aliphatic rings. The third kappa shape index (κ3) is 4.81. The molecule has 2 N–H and O–H groups in total. The van der Waals surface area contributed by atoms with Gasteiger partial charge in [-0.15, -0.1) is 0 Å². The Morgan fingerprint density at radius 1 is 1.03 bits per heavy atom. The molecule has 190 valence electrons. The molecule has 2 saturated heterocycles. The molecule has 0 bridgehead atoms. The fourth-order valence-corrected chi connectivity index (χ4v) is 6.76. The summed E-state index contributed by atoms with van der Waals surface area (Å²) in [5.41, 5.74) is -0.809. The summed E-state index contributed by atoms with van der Waals surface area (Å²) in [5, 5.41) is 16.9. The van der Waals surface area contributed by atoms with E-state index in [2.05, 4.69) is 15.3 Å². The first-order valence-corrected chi connectivity index (χ1v) is 13.8. The van der Waals surface area contributed by atoms with E-state index in [1.807, 2.05) is 0 Å². The molecule has 3 heterocycles. The summed E-state index contributed by atoms with van der Waals surface area (Å²) in [6.07, 6.45) is 2.30. The Morgan fingerprint density at radius 2 is 1.75 bits per heavy atom. The van der Waals surface area contributed by atoms with Gasteiger partial charge in [-0.3, -0.25) is 4.79 Å². The van der Waals surface area contributed by atoms with E-state index < -0.39 is 27.6 Å². The third-order valence-electron chi connectivity index (χ3n) is 6.85. The summed E-state index contributed by atoms with van der Waals surface area (Å²) < 4.78 is 28.0. The Bertz CT molecular complexity index is 1410. The van der Waals surface area contributed by atoms with E-state index >= 15 is 0 Å². The molecule has 2 fully saturated rings. The molecule has 1 aromatic heterocycles. The number of rotatable bonds is 5. The van der Waals surface area contributed by atoms with Gasteiger partial charge < -0.3 is 15.3 Å². The van der Waals surface area contributed by atoms with E-state index in [-0.39, 0.29) is 29.8 Å². The molecule has 0 saturated carbocycles. The van der Waals surface area contributed by atoms with Crippen LogP contribution in [-0.4, -0.2) is 76.9 Å². The number of hydrogen-bond donors (Lipinski definition) is 2. The molecule has 2 aromatic carbocycles. The van der Waals surface area contributed by atoms with Gasteiger partial charge in [0.05, 0.1) is 22.7 Å².